The standard InChI is InChI=1S/C14H20N2O4/c1-4-18-13(17)11-6-5-7-15-12(11)16-8-10-9-19-14(2,3)20-10/h5-7,10H,4,8-9H2,1-3H3,(H,15,16). The van der Waals surface area contributed by atoms with E-state index in [0.717, 1.165) is 0 Å². The van der Waals surface area contributed by atoms with Crippen molar-refractivity contribution in [1.29, 1.82) is 0 Å². The quantitative estimate of drug-likeness (QED) is 0.830. The average Bonchev–Trinajstić information content (AvgIpc) is 2.76. The van der Waals surface area contributed by atoms with Crippen LogP contribution in [0.15, 0.2) is 18.3 Å². The van der Waals surface area contributed by atoms with Crippen molar-refractivity contribution in [3.8, 4) is 0 Å². The second-order valence-corrected chi connectivity index (χ2v) is 4.95. The predicted molar refractivity (Wildman–Crippen MR) is 73.6 cm³/mol. The number of esters is 1. The molecule has 1 atom stereocenters. The Morgan fingerprint density at radius 2 is 2.40 bits per heavy atom. The van der Waals surface area contributed by atoms with Crippen LogP contribution >= 0.6 is 0 Å². The smallest absolute Gasteiger partial charge is 0.341 e. The third-order valence-corrected chi connectivity index (χ3v) is 2.87. The number of aromatic nitrogens is 1. The van der Waals surface area contributed by atoms with E-state index in [1.54, 1.807) is 25.3 Å². The number of hydrogen-bond donors (Lipinski definition) is 1. The van der Waals surface area contributed by atoms with Crippen LogP contribution in [-0.2, 0) is 14.2 Å². The number of hydrogen-bond acceptors (Lipinski definition) is 6. The first-order valence-electron chi connectivity index (χ1n) is 6.69. The summed E-state index contributed by atoms with van der Waals surface area (Å²) in [6.45, 7) is 6.89. The lowest BCUT2D eigenvalue weighted by Crippen LogP contribution is -2.26. The van der Waals surface area contributed by atoms with Gasteiger partial charge in [0.05, 0.1) is 13.2 Å². The van der Waals surface area contributed by atoms with Gasteiger partial charge in [-0.05, 0) is 32.9 Å². The first-order chi connectivity index (χ1) is 9.52. The summed E-state index contributed by atoms with van der Waals surface area (Å²) >= 11 is 0. The van der Waals surface area contributed by atoms with Gasteiger partial charge in [-0.15, -0.1) is 0 Å². The number of rotatable bonds is 5. The third-order valence-electron chi connectivity index (χ3n) is 2.87. The van der Waals surface area contributed by atoms with Crippen LogP contribution in [0.5, 0.6) is 0 Å². The van der Waals surface area contributed by atoms with Gasteiger partial charge in [-0.2, -0.15) is 0 Å². The third kappa shape index (κ3) is 3.68. The Hall–Kier alpha value is -1.66. The Labute approximate surface area is 118 Å². The normalized spacial score (nSPS) is 20.6. The predicted octanol–water partition coefficient (Wildman–Crippen LogP) is 1.82. The highest BCUT2D eigenvalue weighted by atomic mass is 16.7. The molecule has 2 rings (SSSR count). The van der Waals surface area contributed by atoms with Crippen LogP contribution in [-0.4, -0.2) is 42.6 Å². The van der Waals surface area contributed by atoms with E-state index in [2.05, 4.69) is 10.3 Å². The van der Waals surface area contributed by atoms with Crippen molar-refractivity contribution in [3.63, 3.8) is 0 Å². The molecular weight excluding hydrogens is 260 g/mol. The largest absolute Gasteiger partial charge is 0.462 e. The van der Waals surface area contributed by atoms with Gasteiger partial charge in [-0.25, -0.2) is 9.78 Å². The monoisotopic (exact) mass is 280 g/mol. The lowest BCUT2D eigenvalue weighted by atomic mass is 10.2. The van der Waals surface area contributed by atoms with Crippen LogP contribution in [0, 0.1) is 0 Å². The van der Waals surface area contributed by atoms with Gasteiger partial charge < -0.3 is 19.5 Å². The zero-order valence-corrected chi connectivity index (χ0v) is 12.0. The summed E-state index contributed by atoms with van der Waals surface area (Å²) in [6, 6.07) is 3.39. The van der Waals surface area contributed by atoms with E-state index in [4.69, 9.17) is 14.2 Å². The molecule has 6 nitrogen and oxygen atoms in total. The summed E-state index contributed by atoms with van der Waals surface area (Å²) in [5.41, 5.74) is 0.424. The van der Waals surface area contributed by atoms with Gasteiger partial charge in [0, 0.05) is 12.7 Å². The Kier molecular flexibility index (Phi) is 4.57. The highest BCUT2D eigenvalue weighted by Gasteiger charge is 2.32. The van der Waals surface area contributed by atoms with E-state index in [0.29, 0.717) is 31.1 Å². The molecule has 1 aromatic rings. The number of nitrogens with one attached hydrogen (secondary N) is 1. The first-order valence-corrected chi connectivity index (χ1v) is 6.69. The fraction of sp³-hybridized carbons (Fsp3) is 0.571. The number of nitrogens with zero attached hydrogens (tertiary/aromatic N) is 1. The van der Waals surface area contributed by atoms with Crippen molar-refractivity contribution >= 4 is 11.8 Å². The molecule has 0 saturated carbocycles. The molecule has 1 aliphatic rings. The fourth-order valence-electron chi connectivity index (χ4n) is 1.99. The molecule has 0 bridgehead atoms. The van der Waals surface area contributed by atoms with E-state index in [9.17, 15) is 4.79 Å². The van der Waals surface area contributed by atoms with Gasteiger partial charge in [0.15, 0.2) is 5.79 Å². The van der Waals surface area contributed by atoms with Crippen molar-refractivity contribution in [3.05, 3.63) is 23.9 Å². The SMILES string of the molecule is CCOC(=O)c1cccnc1NCC1COC(C)(C)O1. The molecule has 110 valence electrons. The Morgan fingerprint density at radius 3 is 3.05 bits per heavy atom. The molecule has 6 heteroatoms. The molecule has 0 aromatic carbocycles. The van der Waals surface area contributed by atoms with Gasteiger partial charge in [0.25, 0.3) is 0 Å². The fourth-order valence-corrected chi connectivity index (χ4v) is 1.99. The molecule has 1 unspecified atom stereocenters. The van der Waals surface area contributed by atoms with E-state index < -0.39 is 5.79 Å². The second kappa shape index (κ2) is 6.19. The van der Waals surface area contributed by atoms with Crippen LogP contribution in [0.2, 0.25) is 0 Å². The van der Waals surface area contributed by atoms with Gasteiger partial charge in [-0.1, -0.05) is 0 Å². The van der Waals surface area contributed by atoms with E-state index in [-0.39, 0.29) is 12.1 Å². The molecule has 0 radical (unpaired) electrons. The molecule has 1 saturated heterocycles. The van der Waals surface area contributed by atoms with E-state index >= 15 is 0 Å². The molecule has 2 heterocycles. The summed E-state index contributed by atoms with van der Waals surface area (Å²) < 4.78 is 16.2. The first kappa shape index (κ1) is 14.7. The lowest BCUT2D eigenvalue weighted by Gasteiger charge is -2.17. The number of pyridine rings is 1. The molecule has 1 N–H and O–H groups in total. The van der Waals surface area contributed by atoms with Crippen LogP contribution in [0.25, 0.3) is 0 Å². The maximum Gasteiger partial charge on any atom is 0.341 e. The maximum atomic E-state index is 11.8. The van der Waals surface area contributed by atoms with Crippen molar-refractivity contribution in [2.75, 3.05) is 25.1 Å². The van der Waals surface area contributed by atoms with Crippen molar-refractivity contribution in [2.45, 2.75) is 32.7 Å². The highest BCUT2D eigenvalue weighted by molar-refractivity contribution is 5.94. The van der Waals surface area contributed by atoms with Gasteiger partial charge in [-0.3, -0.25) is 0 Å². The van der Waals surface area contributed by atoms with Crippen molar-refractivity contribution in [2.24, 2.45) is 0 Å². The Bertz CT molecular complexity index is 476. The van der Waals surface area contributed by atoms with Crippen LogP contribution in [0.3, 0.4) is 0 Å². The molecule has 0 amide bonds. The van der Waals surface area contributed by atoms with Crippen LogP contribution in [0.1, 0.15) is 31.1 Å². The number of carbonyl (C=O) groups is 1. The molecule has 1 aromatic heterocycles. The molecular formula is C14H20N2O4. The maximum absolute atomic E-state index is 11.8. The number of anilines is 1. The minimum absolute atomic E-state index is 0.0675. The van der Waals surface area contributed by atoms with Gasteiger partial charge >= 0.3 is 5.97 Å². The van der Waals surface area contributed by atoms with Crippen LogP contribution < -0.4 is 5.32 Å². The lowest BCUT2D eigenvalue weighted by molar-refractivity contribution is -0.136. The molecule has 0 spiro atoms. The summed E-state index contributed by atoms with van der Waals surface area (Å²) in [6.07, 6.45) is 1.56. The van der Waals surface area contributed by atoms with Crippen molar-refractivity contribution < 1.29 is 19.0 Å². The van der Waals surface area contributed by atoms with Crippen LogP contribution in [0.4, 0.5) is 5.82 Å². The number of ether oxygens (including phenoxy) is 3. The summed E-state index contributed by atoms with van der Waals surface area (Å²) in [7, 11) is 0. The minimum atomic E-state index is -0.555. The topological polar surface area (TPSA) is 69.7 Å². The summed E-state index contributed by atoms with van der Waals surface area (Å²) in [5.74, 6) is -0.438. The molecule has 20 heavy (non-hydrogen) atoms. The molecule has 0 aliphatic carbocycles. The zero-order chi connectivity index (χ0) is 14.6. The second-order valence-electron chi connectivity index (χ2n) is 4.95. The average molecular weight is 280 g/mol. The van der Waals surface area contributed by atoms with E-state index in [1.165, 1.54) is 0 Å². The molecule has 1 fully saturated rings. The minimum Gasteiger partial charge on any atom is -0.462 e. The summed E-state index contributed by atoms with van der Waals surface area (Å²) in [5, 5.41) is 3.12. The van der Waals surface area contributed by atoms with Crippen molar-refractivity contribution in [1.82, 2.24) is 4.98 Å². The molecule has 1 aliphatic heterocycles. The number of carbonyl (C=O) groups excluding carboxylic acids is 1. The summed E-state index contributed by atoms with van der Waals surface area (Å²) in [4.78, 5) is 16.0. The van der Waals surface area contributed by atoms with Gasteiger partial charge in [0.2, 0.25) is 0 Å². The highest BCUT2D eigenvalue weighted by Crippen LogP contribution is 2.22. The van der Waals surface area contributed by atoms with E-state index in [1.807, 2.05) is 13.8 Å². The van der Waals surface area contributed by atoms with Gasteiger partial charge in [0.1, 0.15) is 17.5 Å². The Morgan fingerprint density at radius 1 is 1.60 bits per heavy atom. The zero-order valence-electron chi connectivity index (χ0n) is 12.0. The Balaban J connectivity index is 1.98.